The lowest BCUT2D eigenvalue weighted by Crippen LogP contribution is -2.42. The molecule has 0 amide bonds. The molecule has 0 spiro atoms. The number of hydrogen-bond acceptors (Lipinski definition) is 4. The van der Waals surface area contributed by atoms with Gasteiger partial charge >= 0.3 is 0 Å². The summed E-state index contributed by atoms with van der Waals surface area (Å²) in [5, 5.41) is 6.81. The fourth-order valence-electron chi connectivity index (χ4n) is 2.51. The Labute approximate surface area is 160 Å². The molecule has 0 saturated carbocycles. The second-order valence-corrected chi connectivity index (χ2v) is 7.55. The summed E-state index contributed by atoms with van der Waals surface area (Å²) in [4.78, 5) is 7.06. The Bertz CT molecular complexity index is 683. The van der Waals surface area contributed by atoms with Crippen LogP contribution < -0.4 is 15.4 Å². The third kappa shape index (κ3) is 7.06. The zero-order chi connectivity index (χ0) is 18.8. The van der Waals surface area contributed by atoms with Gasteiger partial charge in [-0.15, -0.1) is 11.3 Å². The lowest BCUT2D eigenvalue weighted by molar-refractivity contribution is 0.146. The van der Waals surface area contributed by atoms with Crippen LogP contribution >= 0.6 is 11.3 Å². The normalized spacial score (nSPS) is 12.7. The molecule has 0 aliphatic carbocycles. The summed E-state index contributed by atoms with van der Waals surface area (Å²) in [5.74, 6) is 1.67. The number of guanidine groups is 1. The molecule has 0 aliphatic rings. The second-order valence-electron chi connectivity index (χ2n) is 6.17. The largest absolute Gasteiger partial charge is 0.491 e. The highest BCUT2D eigenvalue weighted by atomic mass is 32.1. The molecule has 0 fully saturated rings. The standard InChI is InChI=1S/C20H29N3O2S/c1-15(13-19-10-5-16(2)26-19)23-20(21-3)22-14-17-6-8-18(9-7-17)25-12-11-24-4/h5-10,15H,11-14H2,1-4H3,(H2,21,22,23). The molecule has 1 aromatic heterocycles. The molecule has 2 rings (SSSR count). The molecule has 1 aromatic carbocycles. The SMILES string of the molecule is CN=C(NCc1ccc(OCCOC)cc1)NC(C)Cc1ccc(C)s1. The van der Waals surface area contributed by atoms with Crippen LogP contribution in [0.1, 0.15) is 22.2 Å². The summed E-state index contributed by atoms with van der Waals surface area (Å²) in [5.41, 5.74) is 1.17. The highest BCUT2D eigenvalue weighted by Crippen LogP contribution is 2.16. The molecule has 2 N–H and O–H groups in total. The van der Waals surface area contributed by atoms with Gasteiger partial charge in [0.05, 0.1) is 6.61 Å². The van der Waals surface area contributed by atoms with Gasteiger partial charge in [0.25, 0.3) is 0 Å². The minimum Gasteiger partial charge on any atom is -0.491 e. The quantitative estimate of drug-likeness (QED) is 0.401. The fourth-order valence-corrected chi connectivity index (χ4v) is 3.53. The molecular weight excluding hydrogens is 346 g/mol. The van der Waals surface area contributed by atoms with Crippen LogP contribution in [0.4, 0.5) is 0 Å². The number of ether oxygens (including phenoxy) is 2. The van der Waals surface area contributed by atoms with Crippen molar-refractivity contribution in [2.45, 2.75) is 32.9 Å². The molecule has 1 heterocycles. The van der Waals surface area contributed by atoms with Crippen LogP contribution in [-0.2, 0) is 17.7 Å². The van der Waals surface area contributed by atoms with E-state index < -0.39 is 0 Å². The summed E-state index contributed by atoms with van der Waals surface area (Å²) >= 11 is 1.85. The molecular formula is C20H29N3O2S. The van der Waals surface area contributed by atoms with Gasteiger partial charge in [-0.1, -0.05) is 12.1 Å². The first kappa shape index (κ1) is 20.3. The van der Waals surface area contributed by atoms with Gasteiger partial charge in [-0.3, -0.25) is 4.99 Å². The van der Waals surface area contributed by atoms with Gasteiger partial charge in [0.1, 0.15) is 12.4 Å². The van der Waals surface area contributed by atoms with E-state index in [1.807, 2.05) is 23.5 Å². The van der Waals surface area contributed by atoms with Gasteiger partial charge in [-0.2, -0.15) is 0 Å². The molecule has 5 nitrogen and oxygen atoms in total. The molecule has 6 heteroatoms. The molecule has 0 bridgehead atoms. The molecule has 142 valence electrons. The first-order valence-electron chi connectivity index (χ1n) is 8.84. The number of methoxy groups -OCH3 is 1. The number of rotatable bonds is 9. The van der Waals surface area contributed by atoms with E-state index in [1.165, 1.54) is 15.3 Å². The zero-order valence-corrected chi connectivity index (χ0v) is 16.9. The third-order valence-corrected chi connectivity index (χ3v) is 4.87. The van der Waals surface area contributed by atoms with Crippen molar-refractivity contribution in [1.82, 2.24) is 10.6 Å². The Kier molecular flexibility index (Phi) is 8.44. The molecule has 0 aliphatic heterocycles. The van der Waals surface area contributed by atoms with Crippen molar-refractivity contribution in [2.75, 3.05) is 27.4 Å². The van der Waals surface area contributed by atoms with Crippen LogP contribution in [0.15, 0.2) is 41.4 Å². The Morgan fingerprint density at radius 2 is 1.92 bits per heavy atom. The van der Waals surface area contributed by atoms with Crippen LogP contribution in [0.5, 0.6) is 5.75 Å². The van der Waals surface area contributed by atoms with Crippen LogP contribution in [0.25, 0.3) is 0 Å². The van der Waals surface area contributed by atoms with Gasteiger partial charge < -0.3 is 20.1 Å². The van der Waals surface area contributed by atoms with E-state index in [4.69, 9.17) is 9.47 Å². The number of aryl methyl sites for hydroxylation is 1. The first-order valence-corrected chi connectivity index (χ1v) is 9.65. The van der Waals surface area contributed by atoms with Gasteiger partial charge in [-0.05, 0) is 43.7 Å². The molecule has 2 aromatic rings. The smallest absolute Gasteiger partial charge is 0.191 e. The average molecular weight is 376 g/mol. The maximum Gasteiger partial charge on any atom is 0.191 e. The predicted molar refractivity (Wildman–Crippen MR) is 109 cm³/mol. The molecule has 26 heavy (non-hydrogen) atoms. The molecule has 0 radical (unpaired) electrons. The zero-order valence-electron chi connectivity index (χ0n) is 16.0. The van der Waals surface area contributed by atoms with Crippen LogP contribution in [0.3, 0.4) is 0 Å². The summed E-state index contributed by atoms with van der Waals surface area (Å²) in [7, 11) is 3.46. The number of benzene rings is 1. The van der Waals surface area contributed by atoms with E-state index in [1.54, 1.807) is 14.2 Å². The van der Waals surface area contributed by atoms with Crippen molar-refractivity contribution in [3.05, 3.63) is 51.7 Å². The van der Waals surface area contributed by atoms with Gasteiger partial charge in [0.15, 0.2) is 5.96 Å². The van der Waals surface area contributed by atoms with E-state index in [2.05, 4.69) is 53.7 Å². The maximum absolute atomic E-state index is 5.58. The topological polar surface area (TPSA) is 54.9 Å². The third-order valence-electron chi connectivity index (χ3n) is 3.85. The van der Waals surface area contributed by atoms with E-state index in [0.29, 0.717) is 25.8 Å². The average Bonchev–Trinajstić information content (AvgIpc) is 3.04. The summed E-state index contributed by atoms with van der Waals surface area (Å²) in [6.45, 7) is 6.18. The minimum atomic E-state index is 0.316. The van der Waals surface area contributed by atoms with Crippen LogP contribution in [0.2, 0.25) is 0 Å². The number of nitrogens with zero attached hydrogens (tertiary/aromatic N) is 1. The Morgan fingerprint density at radius 3 is 2.54 bits per heavy atom. The molecule has 1 atom stereocenters. The highest BCUT2D eigenvalue weighted by molar-refractivity contribution is 7.11. The number of nitrogens with one attached hydrogen (secondary N) is 2. The van der Waals surface area contributed by atoms with Gasteiger partial charge in [0.2, 0.25) is 0 Å². The van der Waals surface area contributed by atoms with E-state index in [0.717, 1.165) is 18.1 Å². The molecule has 0 saturated heterocycles. The van der Waals surface area contributed by atoms with Crippen molar-refractivity contribution in [1.29, 1.82) is 0 Å². The predicted octanol–water partition coefficient (Wildman–Crippen LogP) is 3.38. The fraction of sp³-hybridized carbons (Fsp3) is 0.450. The first-order chi connectivity index (χ1) is 12.6. The Hall–Kier alpha value is -2.05. The van der Waals surface area contributed by atoms with Crippen LogP contribution in [0, 0.1) is 6.92 Å². The lowest BCUT2D eigenvalue weighted by atomic mass is 10.2. The van der Waals surface area contributed by atoms with Crippen molar-refractivity contribution in [2.24, 2.45) is 4.99 Å². The Balaban J connectivity index is 1.77. The van der Waals surface area contributed by atoms with E-state index in [9.17, 15) is 0 Å². The lowest BCUT2D eigenvalue weighted by Gasteiger charge is -2.17. The number of hydrogen-bond donors (Lipinski definition) is 2. The molecule has 1 unspecified atom stereocenters. The van der Waals surface area contributed by atoms with Gasteiger partial charge in [-0.25, -0.2) is 0 Å². The van der Waals surface area contributed by atoms with Crippen molar-refractivity contribution < 1.29 is 9.47 Å². The van der Waals surface area contributed by atoms with Crippen LogP contribution in [-0.4, -0.2) is 39.4 Å². The Morgan fingerprint density at radius 1 is 1.15 bits per heavy atom. The van der Waals surface area contributed by atoms with Crippen molar-refractivity contribution in [3.63, 3.8) is 0 Å². The number of thiophene rings is 1. The monoisotopic (exact) mass is 375 g/mol. The maximum atomic E-state index is 5.58. The summed E-state index contributed by atoms with van der Waals surface area (Å²) in [6, 6.07) is 12.7. The second kappa shape index (κ2) is 10.8. The van der Waals surface area contributed by atoms with E-state index in [-0.39, 0.29) is 0 Å². The van der Waals surface area contributed by atoms with Gasteiger partial charge in [0, 0.05) is 42.9 Å². The van der Waals surface area contributed by atoms with E-state index >= 15 is 0 Å². The highest BCUT2D eigenvalue weighted by Gasteiger charge is 2.08. The van der Waals surface area contributed by atoms with Crippen molar-refractivity contribution >= 4 is 17.3 Å². The summed E-state index contributed by atoms with van der Waals surface area (Å²) < 4.78 is 10.6. The summed E-state index contributed by atoms with van der Waals surface area (Å²) in [6.07, 6.45) is 0.993. The minimum absolute atomic E-state index is 0.316. The van der Waals surface area contributed by atoms with Crippen molar-refractivity contribution in [3.8, 4) is 5.75 Å². The number of aliphatic imine (C=N–C) groups is 1.